The molecular weight excluding hydrogens is 380 g/mol. The summed E-state index contributed by atoms with van der Waals surface area (Å²) >= 11 is 3.84. The van der Waals surface area contributed by atoms with E-state index in [0.29, 0.717) is 0 Å². The third kappa shape index (κ3) is 12.4. The first kappa shape index (κ1) is 25.9. The molecule has 1 rings (SSSR count). The van der Waals surface area contributed by atoms with E-state index >= 15 is 0 Å². The monoisotopic (exact) mass is 424 g/mol. The van der Waals surface area contributed by atoms with Crippen molar-refractivity contribution in [2.45, 2.75) is 110 Å². The Hall–Kier alpha value is -0.120. The van der Waals surface area contributed by atoms with Crippen LogP contribution in [0, 0.1) is 0 Å². The maximum absolute atomic E-state index is 10.5. The molecule has 0 saturated heterocycles. The second kappa shape index (κ2) is 17.7. The largest absolute Gasteiger partial charge is 0.384 e. The van der Waals surface area contributed by atoms with Crippen molar-refractivity contribution in [2.24, 2.45) is 0 Å². The molecule has 1 nitrogen and oxygen atoms in total. The SMILES string of the molecule is CCCCCCCCSC=C1C=C(C)C(O)C(=CSCCCCCCCC)C1. The molecule has 0 aromatic heterocycles. The van der Waals surface area contributed by atoms with Crippen LogP contribution in [-0.2, 0) is 0 Å². The summed E-state index contributed by atoms with van der Waals surface area (Å²) in [7, 11) is 0. The van der Waals surface area contributed by atoms with Crippen LogP contribution in [0.25, 0.3) is 0 Å². The number of rotatable bonds is 16. The highest BCUT2D eigenvalue weighted by Gasteiger charge is 2.19. The van der Waals surface area contributed by atoms with Crippen molar-refractivity contribution in [3.05, 3.63) is 33.6 Å². The topological polar surface area (TPSA) is 20.2 Å². The van der Waals surface area contributed by atoms with Crippen molar-refractivity contribution in [1.29, 1.82) is 0 Å². The van der Waals surface area contributed by atoms with Gasteiger partial charge in [-0.25, -0.2) is 0 Å². The number of aliphatic hydroxyl groups is 1. The Morgan fingerprint density at radius 1 is 0.821 bits per heavy atom. The standard InChI is InChI=1S/C25H44OS2/c1-4-6-8-10-12-14-16-27-20-23-18-22(3)25(26)24(19-23)21-28-17-15-13-11-9-7-5-2/h18,20-21,25-26H,4-17,19H2,1-3H3. The minimum Gasteiger partial charge on any atom is -0.384 e. The van der Waals surface area contributed by atoms with Gasteiger partial charge in [-0.05, 0) is 65.2 Å². The maximum Gasteiger partial charge on any atom is 0.0972 e. The molecule has 0 heterocycles. The van der Waals surface area contributed by atoms with Crippen molar-refractivity contribution < 1.29 is 5.11 Å². The number of allylic oxidation sites excluding steroid dienone is 2. The van der Waals surface area contributed by atoms with Crippen LogP contribution < -0.4 is 0 Å². The van der Waals surface area contributed by atoms with E-state index in [1.54, 1.807) is 0 Å². The third-order valence-electron chi connectivity index (χ3n) is 5.30. The lowest BCUT2D eigenvalue weighted by Gasteiger charge is -2.22. The molecule has 1 N–H and O–H groups in total. The van der Waals surface area contributed by atoms with Crippen LogP contribution in [0.5, 0.6) is 0 Å². The van der Waals surface area contributed by atoms with Crippen molar-refractivity contribution in [2.75, 3.05) is 11.5 Å². The molecule has 0 aromatic rings. The molecule has 1 unspecified atom stereocenters. The second-order valence-corrected chi connectivity index (χ2v) is 10.1. The van der Waals surface area contributed by atoms with E-state index in [1.807, 2.05) is 23.5 Å². The molecule has 162 valence electrons. The minimum absolute atomic E-state index is 0.377. The zero-order valence-corrected chi connectivity index (χ0v) is 20.3. The maximum atomic E-state index is 10.5. The van der Waals surface area contributed by atoms with Gasteiger partial charge in [0.1, 0.15) is 0 Å². The summed E-state index contributed by atoms with van der Waals surface area (Å²) in [6, 6.07) is 0. The van der Waals surface area contributed by atoms with Gasteiger partial charge in [0.25, 0.3) is 0 Å². The van der Waals surface area contributed by atoms with Crippen LogP contribution in [-0.4, -0.2) is 22.7 Å². The summed E-state index contributed by atoms with van der Waals surface area (Å²) in [4.78, 5) is 0. The van der Waals surface area contributed by atoms with E-state index in [-0.39, 0.29) is 6.10 Å². The number of unbranched alkanes of at least 4 members (excludes halogenated alkanes) is 10. The van der Waals surface area contributed by atoms with Gasteiger partial charge in [-0.2, -0.15) is 0 Å². The lowest BCUT2D eigenvalue weighted by atomic mass is 9.91. The molecule has 0 fully saturated rings. The molecule has 0 amide bonds. The van der Waals surface area contributed by atoms with Crippen LogP contribution in [0.3, 0.4) is 0 Å². The van der Waals surface area contributed by atoms with E-state index in [9.17, 15) is 5.11 Å². The van der Waals surface area contributed by atoms with Crippen molar-refractivity contribution in [1.82, 2.24) is 0 Å². The lowest BCUT2D eigenvalue weighted by molar-refractivity contribution is 0.241. The summed E-state index contributed by atoms with van der Waals surface area (Å²) in [5.74, 6) is 2.40. The number of hydrogen-bond acceptors (Lipinski definition) is 3. The van der Waals surface area contributed by atoms with E-state index in [4.69, 9.17) is 0 Å². The average Bonchev–Trinajstić information content (AvgIpc) is 2.69. The fraction of sp³-hybridized carbons (Fsp3) is 0.760. The van der Waals surface area contributed by atoms with E-state index in [2.05, 4.69) is 37.7 Å². The molecule has 1 atom stereocenters. The zero-order chi connectivity index (χ0) is 20.5. The van der Waals surface area contributed by atoms with E-state index < -0.39 is 0 Å². The molecule has 0 spiro atoms. The Morgan fingerprint density at radius 3 is 1.89 bits per heavy atom. The fourth-order valence-corrected chi connectivity index (χ4v) is 5.26. The highest BCUT2D eigenvalue weighted by Crippen LogP contribution is 2.31. The van der Waals surface area contributed by atoms with Gasteiger partial charge in [0.2, 0.25) is 0 Å². The normalized spacial score (nSPS) is 20.1. The number of aliphatic hydroxyl groups excluding tert-OH is 1. The average molecular weight is 425 g/mol. The van der Waals surface area contributed by atoms with E-state index in [1.165, 1.54) is 99.7 Å². The molecule has 3 heteroatoms. The van der Waals surface area contributed by atoms with Gasteiger partial charge < -0.3 is 5.11 Å². The summed E-state index contributed by atoms with van der Waals surface area (Å²) in [5, 5.41) is 15.0. The van der Waals surface area contributed by atoms with Crippen LogP contribution in [0.15, 0.2) is 33.6 Å². The first-order valence-electron chi connectivity index (χ1n) is 11.7. The second-order valence-electron chi connectivity index (χ2n) is 8.13. The highest BCUT2D eigenvalue weighted by atomic mass is 32.2. The quantitative estimate of drug-likeness (QED) is 0.250. The summed E-state index contributed by atoms with van der Waals surface area (Å²) in [6.07, 6.45) is 19.0. The molecule has 0 radical (unpaired) electrons. The van der Waals surface area contributed by atoms with Crippen LogP contribution in [0.4, 0.5) is 0 Å². The summed E-state index contributed by atoms with van der Waals surface area (Å²) in [5.41, 5.74) is 3.64. The van der Waals surface area contributed by atoms with Gasteiger partial charge in [0, 0.05) is 0 Å². The molecule has 0 bridgehead atoms. The van der Waals surface area contributed by atoms with Crippen LogP contribution in [0.1, 0.15) is 104 Å². The lowest BCUT2D eigenvalue weighted by Crippen LogP contribution is -2.16. The number of thioether (sulfide) groups is 2. The molecule has 1 aliphatic carbocycles. The predicted molar refractivity (Wildman–Crippen MR) is 132 cm³/mol. The summed E-state index contributed by atoms with van der Waals surface area (Å²) < 4.78 is 0. The van der Waals surface area contributed by atoms with Crippen LogP contribution >= 0.6 is 23.5 Å². The Bertz CT molecular complexity index is 479. The Labute approximate surface area is 183 Å². The molecule has 0 aliphatic heterocycles. The third-order valence-corrected chi connectivity index (χ3v) is 7.29. The van der Waals surface area contributed by atoms with Gasteiger partial charge in [0.15, 0.2) is 0 Å². The van der Waals surface area contributed by atoms with Crippen molar-refractivity contribution in [3.8, 4) is 0 Å². The van der Waals surface area contributed by atoms with Gasteiger partial charge in [-0.1, -0.05) is 84.1 Å². The predicted octanol–water partition coefficient (Wildman–Crippen LogP) is 8.65. The first-order chi connectivity index (χ1) is 13.7. The van der Waals surface area contributed by atoms with Gasteiger partial charge in [0.05, 0.1) is 6.10 Å². The van der Waals surface area contributed by atoms with Crippen molar-refractivity contribution >= 4 is 23.5 Å². The summed E-state index contributed by atoms with van der Waals surface area (Å²) in [6.45, 7) is 6.60. The molecule has 1 aliphatic rings. The van der Waals surface area contributed by atoms with Crippen LogP contribution in [0.2, 0.25) is 0 Å². The molecule has 0 saturated carbocycles. The Morgan fingerprint density at radius 2 is 1.32 bits per heavy atom. The fourth-order valence-electron chi connectivity index (χ4n) is 3.49. The molecular formula is C25H44OS2. The van der Waals surface area contributed by atoms with Gasteiger partial charge in [-0.3, -0.25) is 0 Å². The Kier molecular flexibility index (Phi) is 16.4. The molecule has 0 aromatic carbocycles. The number of hydrogen-bond donors (Lipinski definition) is 1. The zero-order valence-electron chi connectivity index (χ0n) is 18.7. The van der Waals surface area contributed by atoms with Gasteiger partial charge >= 0.3 is 0 Å². The highest BCUT2D eigenvalue weighted by molar-refractivity contribution is 8.02. The van der Waals surface area contributed by atoms with E-state index in [0.717, 1.165) is 12.0 Å². The smallest absolute Gasteiger partial charge is 0.0972 e. The van der Waals surface area contributed by atoms with Gasteiger partial charge in [-0.15, -0.1) is 23.5 Å². The van der Waals surface area contributed by atoms with Crippen molar-refractivity contribution in [3.63, 3.8) is 0 Å². The molecule has 28 heavy (non-hydrogen) atoms. The first-order valence-corrected chi connectivity index (χ1v) is 13.8. The minimum atomic E-state index is -0.377. The Balaban J connectivity index is 2.28.